The van der Waals surface area contributed by atoms with Gasteiger partial charge in [0.05, 0.1) is 0 Å². The number of carbonyl (C=O) groups is 2. The third kappa shape index (κ3) is 3.57. The Hall–Kier alpha value is -0.970. The van der Waals surface area contributed by atoms with E-state index < -0.39 is 23.7 Å². The van der Waals surface area contributed by atoms with Gasteiger partial charge in [-0.3, -0.25) is 4.90 Å². The van der Waals surface area contributed by atoms with Gasteiger partial charge >= 0.3 is 12.1 Å². The molecule has 1 heterocycles. The zero-order valence-corrected chi connectivity index (χ0v) is 13.0. The van der Waals surface area contributed by atoms with Gasteiger partial charge in [-0.05, 0) is 52.4 Å². The number of ether oxygens (including phenoxy) is 2. The molecule has 0 aromatic heterocycles. The molecule has 2 aliphatic rings. The fourth-order valence-corrected chi connectivity index (χ4v) is 2.85. The lowest BCUT2D eigenvalue weighted by molar-refractivity contribution is -0.147. The van der Waals surface area contributed by atoms with E-state index in [1.807, 2.05) is 20.8 Å². The largest absolute Gasteiger partial charge is 0.448 e. The number of esters is 1. The van der Waals surface area contributed by atoms with E-state index in [2.05, 4.69) is 0 Å². The number of hydrogen-bond donors (Lipinski definition) is 0. The van der Waals surface area contributed by atoms with Gasteiger partial charge in [-0.25, -0.2) is 9.59 Å². The van der Waals surface area contributed by atoms with Crippen molar-refractivity contribution in [3.63, 3.8) is 0 Å². The second-order valence-electron chi connectivity index (χ2n) is 6.46. The summed E-state index contributed by atoms with van der Waals surface area (Å²) < 4.78 is 10.3. The molecule has 20 heavy (non-hydrogen) atoms. The van der Waals surface area contributed by atoms with E-state index in [9.17, 15) is 9.59 Å². The summed E-state index contributed by atoms with van der Waals surface area (Å²) in [7, 11) is 0. The lowest BCUT2D eigenvalue weighted by Crippen LogP contribution is -2.48. The molecule has 0 N–H and O–H groups in total. The number of carbonyl (C=O) groups excluding carboxylic acids is 2. The van der Waals surface area contributed by atoms with Crippen LogP contribution < -0.4 is 0 Å². The van der Waals surface area contributed by atoms with Gasteiger partial charge in [0.2, 0.25) is 0 Å². The lowest BCUT2D eigenvalue weighted by atomic mass is 10.1. The summed E-state index contributed by atoms with van der Waals surface area (Å²) in [5.74, 6) is 0.0605. The minimum absolute atomic E-state index is 0.0951. The Bertz CT molecular complexity index is 389. The zero-order chi connectivity index (χ0) is 14.9. The highest BCUT2D eigenvalue weighted by molar-refractivity contribution is 6.17. The first-order valence-corrected chi connectivity index (χ1v) is 7.61. The first kappa shape index (κ1) is 15.4. The molecule has 1 amide bonds. The molecule has 6 heteroatoms. The van der Waals surface area contributed by atoms with Crippen LogP contribution in [-0.2, 0) is 14.3 Å². The second-order valence-corrected chi connectivity index (χ2v) is 6.68. The van der Waals surface area contributed by atoms with Gasteiger partial charge in [-0.2, -0.15) is 0 Å². The molecule has 1 saturated carbocycles. The predicted octanol–water partition coefficient (Wildman–Crippen LogP) is 2.90. The van der Waals surface area contributed by atoms with E-state index in [0.29, 0.717) is 12.3 Å². The highest BCUT2D eigenvalue weighted by atomic mass is 35.5. The molecule has 1 aliphatic carbocycles. The maximum Gasteiger partial charge on any atom is 0.411 e. The Labute approximate surface area is 124 Å². The van der Waals surface area contributed by atoms with Crippen LogP contribution in [-0.4, -0.2) is 40.7 Å². The molecule has 0 aromatic carbocycles. The van der Waals surface area contributed by atoms with Gasteiger partial charge in [0, 0.05) is 6.04 Å². The summed E-state index contributed by atoms with van der Waals surface area (Å²) in [6.07, 6.45) is 3.24. The minimum atomic E-state index is -0.575. The van der Waals surface area contributed by atoms with Crippen LogP contribution in [0.2, 0.25) is 0 Å². The fourth-order valence-electron chi connectivity index (χ4n) is 2.74. The fraction of sp³-hybridized carbons (Fsp3) is 0.857. The van der Waals surface area contributed by atoms with Gasteiger partial charge in [-0.15, -0.1) is 0 Å². The molecule has 1 saturated heterocycles. The van der Waals surface area contributed by atoms with Gasteiger partial charge in [0.15, 0.2) is 6.07 Å². The Morgan fingerprint density at radius 3 is 2.35 bits per heavy atom. The number of alkyl halides is 1. The van der Waals surface area contributed by atoms with Crippen LogP contribution in [0.5, 0.6) is 0 Å². The van der Waals surface area contributed by atoms with Crippen molar-refractivity contribution in [3.05, 3.63) is 0 Å². The van der Waals surface area contributed by atoms with E-state index in [1.165, 1.54) is 0 Å². The van der Waals surface area contributed by atoms with Crippen LogP contribution in [0.1, 0.15) is 46.5 Å². The van der Waals surface area contributed by atoms with E-state index in [4.69, 9.17) is 21.1 Å². The van der Waals surface area contributed by atoms with Crippen molar-refractivity contribution in [2.75, 3.05) is 6.07 Å². The second kappa shape index (κ2) is 5.80. The van der Waals surface area contributed by atoms with Crippen molar-refractivity contribution >= 4 is 23.7 Å². The average Bonchev–Trinajstić information content (AvgIpc) is 3.05. The molecule has 1 aliphatic heterocycles. The highest BCUT2D eigenvalue weighted by Gasteiger charge is 2.49. The summed E-state index contributed by atoms with van der Waals surface area (Å²) in [6.45, 7) is 5.46. The zero-order valence-electron chi connectivity index (χ0n) is 12.2. The molecule has 0 aromatic rings. The van der Waals surface area contributed by atoms with E-state index in [-0.39, 0.29) is 12.1 Å². The predicted molar refractivity (Wildman–Crippen MR) is 74.4 cm³/mol. The van der Waals surface area contributed by atoms with Crippen LogP contribution in [0.3, 0.4) is 0 Å². The molecular weight excluding hydrogens is 282 g/mol. The van der Waals surface area contributed by atoms with E-state index >= 15 is 0 Å². The average molecular weight is 304 g/mol. The standard InChI is InChI=1S/C14H22ClNO4/c1-14(2,3)20-13(18)16-10(9-4-5-9)6-7-11(16)12(17)19-8-15/h9-11H,4-8H2,1-3H3. The van der Waals surface area contributed by atoms with Crippen molar-refractivity contribution < 1.29 is 19.1 Å². The molecular formula is C14H22ClNO4. The van der Waals surface area contributed by atoms with Crippen molar-refractivity contribution in [2.45, 2.75) is 64.1 Å². The van der Waals surface area contributed by atoms with Gasteiger partial charge in [-0.1, -0.05) is 11.6 Å². The maximum atomic E-state index is 12.4. The summed E-state index contributed by atoms with van der Waals surface area (Å²) in [5, 5.41) is 0. The molecule has 114 valence electrons. The quantitative estimate of drug-likeness (QED) is 0.594. The first-order valence-electron chi connectivity index (χ1n) is 7.07. The minimum Gasteiger partial charge on any atom is -0.448 e. The first-order chi connectivity index (χ1) is 9.33. The number of likely N-dealkylation sites (tertiary alicyclic amines) is 1. The van der Waals surface area contributed by atoms with Crippen LogP contribution in [0.4, 0.5) is 4.79 Å². The van der Waals surface area contributed by atoms with Crippen molar-refractivity contribution in [3.8, 4) is 0 Å². The molecule has 2 fully saturated rings. The Morgan fingerprint density at radius 2 is 1.85 bits per heavy atom. The normalized spacial score (nSPS) is 26.5. The van der Waals surface area contributed by atoms with Crippen LogP contribution >= 0.6 is 11.6 Å². The lowest BCUT2D eigenvalue weighted by Gasteiger charge is -2.31. The van der Waals surface area contributed by atoms with Crippen molar-refractivity contribution in [2.24, 2.45) is 5.92 Å². The third-order valence-corrected chi connectivity index (χ3v) is 3.78. The third-order valence-electron chi connectivity index (χ3n) is 3.67. The molecule has 2 unspecified atom stereocenters. The molecule has 2 rings (SSSR count). The van der Waals surface area contributed by atoms with Gasteiger partial charge in [0.1, 0.15) is 11.6 Å². The van der Waals surface area contributed by atoms with Gasteiger partial charge < -0.3 is 9.47 Å². The van der Waals surface area contributed by atoms with Crippen LogP contribution in [0.15, 0.2) is 0 Å². The van der Waals surface area contributed by atoms with Crippen molar-refractivity contribution in [1.82, 2.24) is 4.90 Å². The van der Waals surface area contributed by atoms with Crippen molar-refractivity contribution in [1.29, 1.82) is 0 Å². The maximum absolute atomic E-state index is 12.4. The van der Waals surface area contributed by atoms with Crippen LogP contribution in [0.25, 0.3) is 0 Å². The molecule has 0 bridgehead atoms. The van der Waals surface area contributed by atoms with E-state index in [0.717, 1.165) is 19.3 Å². The highest BCUT2D eigenvalue weighted by Crippen LogP contribution is 2.42. The Balaban J connectivity index is 2.12. The van der Waals surface area contributed by atoms with Crippen LogP contribution in [0, 0.1) is 5.92 Å². The summed E-state index contributed by atoms with van der Waals surface area (Å²) in [6, 6.07) is -0.655. The number of hydrogen-bond acceptors (Lipinski definition) is 4. The monoisotopic (exact) mass is 303 g/mol. The number of rotatable bonds is 3. The number of amides is 1. The molecule has 0 radical (unpaired) electrons. The number of halogens is 1. The summed E-state index contributed by atoms with van der Waals surface area (Å²) in [5.41, 5.74) is -0.575. The van der Waals surface area contributed by atoms with Gasteiger partial charge in [0.25, 0.3) is 0 Å². The number of nitrogens with zero attached hydrogens (tertiary/aromatic N) is 1. The Kier molecular flexibility index (Phi) is 4.47. The van der Waals surface area contributed by atoms with E-state index in [1.54, 1.807) is 4.90 Å². The SMILES string of the molecule is CC(C)(C)OC(=O)N1C(C(=O)OCCl)CCC1C1CC1. The molecule has 5 nitrogen and oxygen atoms in total. The summed E-state index contributed by atoms with van der Waals surface area (Å²) in [4.78, 5) is 25.9. The smallest absolute Gasteiger partial charge is 0.411 e. The molecule has 2 atom stereocenters. The molecule has 0 spiro atoms. The Morgan fingerprint density at radius 1 is 1.20 bits per heavy atom. The topological polar surface area (TPSA) is 55.8 Å². The summed E-state index contributed by atoms with van der Waals surface area (Å²) >= 11 is 5.44.